The number of carbonyl (C=O) groups excluding carboxylic acids is 2. The van der Waals surface area contributed by atoms with E-state index in [4.69, 9.17) is 10.2 Å². The van der Waals surface area contributed by atoms with Crippen LogP contribution in [-0.4, -0.2) is 77.3 Å². The Hall–Kier alpha value is -10.1. The number of phenols is 2. The molecule has 0 aliphatic carbocycles. The largest absolute Gasteiger partial charge is 0.507 e. The molecule has 0 radical (unpaired) electrons. The first kappa shape index (κ1) is 62.0. The average Bonchev–Trinajstić information content (AvgIpc) is 3.44. The molecule has 20 nitrogen and oxygen atoms in total. The summed E-state index contributed by atoms with van der Waals surface area (Å²) in [6.45, 7) is 16.9. The van der Waals surface area contributed by atoms with Gasteiger partial charge in [-0.2, -0.15) is 20.7 Å². The highest BCUT2D eigenvalue weighted by atomic mass is 32.2. The standard InChI is InChI=1S/C35H32N8O2S2.C31H32N8O2S/c1-35(2,3)30-18-32(43(41-30)24-13-15-27(44)23(17-24)19-36)38-34(45)37-20-22-9-5-7-11-28(22)47-25-14-16-31-39-40-33(42(31)21-25)26-10-6-8-12-29(26)46-4;1-19(2)29-36-35-27-13-11-23(18-38(27)29)42-25-9-7-6-8-20(25)17-33-30(41)34-28-15-26(31(3,4)5)37-39(28)22-10-12-24(40)21(14-22)16-32/h5-18,21,44H,20H2,1-4H3,(H2,37,38,45);6-15,18-19,40H,17H2,1-5H3,(H2,33,34,41). The Balaban J connectivity index is 0.000000197. The molecule has 6 heterocycles. The third-order valence-electron chi connectivity index (χ3n) is 14.0. The van der Waals surface area contributed by atoms with Crippen molar-refractivity contribution in [3.63, 3.8) is 0 Å². The lowest BCUT2D eigenvalue weighted by Gasteiger charge is -2.14. The summed E-state index contributed by atoms with van der Waals surface area (Å²) < 4.78 is 7.16. The van der Waals surface area contributed by atoms with Gasteiger partial charge >= 0.3 is 12.1 Å². The van der Waals surface area contributed by atoms with Crippen molar-refractivity contribution in [3.8, 4) is 46.4 Å². The highest BCUT2D eigenvalue weighted by Gasteiger charge is 2.25. The molecule has 0 saturated carbocycles. The highest BCUT2D eigenvalue weighted by Crippen LogP contribution is 2.36. The van der Waals surface area contributed by atoms with Gasteiger partial charge in [0.15, 0.2) is 17.1 Å². The number of urea groups is 2. The molecule has 89 heavy (non-hydrogen) atoms. The number of nitriles is 2. The minimum absolute atomic E-state index is 0.115. The monoisotopic (exact) mass is 1240 g/mol. The zero-order valence-corrected chi connectivity index (χ0v) is 52.8. The molecule has 4 amide bonds. The molecule has 11 rings (SSSR count). The summed E-state index contributed by atoms with van der Waals surface area (Å²) in [4.78, 5) is 31.5. The van der Waals surface area contributed by atoms with Gasteiger partial charge in [-0.05, 0) is 96.2 Å². The van der Waals surface area contributed by atoms with Crippen molar-refractivity contribution in [2.24, 2.45) is 0 Å². The van der Waals surface area contributed by atoms with Crippen LogP contribution >= 0.6 is 35.3 Å². The molecule has 6 aromatic heterocycles. The van der Waals surface area contributed by atoms with Gasteiger partial charge in [0.2, 0.25) is 0 Å². The summed E-state index contributed by atoms with van der Waals surface area (Å²) >= 11 is 4.88. The molecule has 0 fully saturated rings. The Kier molecular flexibility index (Phi) is 18.5. The van der Waals surface area contributed by atoms with Gasteiger partial charge in [0.1, 0.15) is 41.1 Å². The lowest BCUT2D eigenvalue weighted by atomic mass is 9.92. The number of aromatic nitrogens is 10. The number of nitrogens with one attached hydrogen (secondary N) is 4. The molecule has 0 aliphatic rings. The van der Waals surface area contributed by atoms with Crippen LogP contribution in [0.5, 0.6) is 11.5 Å². The fourth-order valence-corrected chi connectivity index (χ4v) is 11.8. The van der Waals surface area contributed by atoms with Crippen LogP contribution in [0.2, 0.25) is 0 Å². The molecule has 0 unspecified atom stereocenters. The number of fused-ring (bicyclic) bond motifs is 2. The number of rotatable bonds is 15. The van der Waals surface area contributed by atoms with Gasteiger partial charge in [0.05, 0.1) is 33.9 Å². The van der Waals surface area contributed by atoms with E-state index in [2.05, 4.69) is 67.6 Å². The van der Waals surface area contributed by atoms with Crippen LogP contribution < -0.4 is 21.3 Å². The second-order valence-electron chi connectivity index (χ2n) is 22.9. The maximum Gasteiger partial charge on any atom is 0.320 e. The number of nitrogens with zero attached hydrogens (tertiary/aromatic N) is 12. The van der Waals surface area contributed by atoms with E-state index in [1.54, 1.807) is 56.8 Å². The molecule has 5 aromatic carbocycles. The van der Waals surface area contributed by atoms with E-state index in [9.17, 15) is 30.3 Å². The number of aromatic hydroxyl groups is 2. The third kappa shape index (κ3) is 14.4. The second-order valence-corrected chi connectivity index (χ2v) is 26.0. The van der Waals surface area contributed by atoms with Gasteiger partial charge in [0.25, 0.3) is 0 Å². The summed E-state index contributed by atoms with van der Waals surface area (Å²) in [7, 11) is 0. The number of hydrogen-bond donors (Lipinski definition) is 6. The predicted octanol–water partition coefficient (Wildman–Crippen LogP) is 14.0. The molecule has 11 aromatic rings. The molecule has 450 valence electrons. The quantitative estimate of drug-likeness (QED) is 0.0521. The smallest absolute Gasteiger partial charge is 0.320 e. The van der Waals surface area contributed by atoms with Gasteiger partial charge in [-0.25, -0.2) is 19.0 Å². The van der Waals surface area contributed by atoms with Crippen molar-refractivity contribution < 1.29 is 19.8 Å². The van der Waals surface area contributed by atoms with Crippen LogP contribution in [0, 0.1) is 22.7 Å². The number of carbonyl (C=O) groups is 2. The molecule has 0 aliphatic heterocycles. The average molecular weight is 1240 g/mol. The molecule has 6 N–H and O–H groups in total. The van der Waals surface area contributed by atoms with Crippen LogP contribution in [0.4, 0.5) is 21.2 Å². The van der Waals surface area contributed by atoms with E-state index in [0.29, 0.717) is 29.6 Å². The lowest BCUT2D eigenvalue weighted by molar-refractivity contribution is 0.250. The summed E-state index contributed by atoms with van der Waals surface area (Å²) in [6, 6.07) is 48.0. The van der Waals surface area contributed by atoms with Gasteiger partial charge in [-0.3, -0.25) is 19.4 Å². The topological polar surface area (TPSA) is 266 Å². The third-order valence-corrected chi connectivity index (χ3v) is 17.0. The fourth-order valence-electron chi connectivity index (χ4n) is 9.27. The van der Waals surface area contributed by atoms with E-state index < -0.39 is 12.1 Å². The van der Waals surface area contributed by atoms with E-state index in [1.807, 2.05) is 178 Å². The number of phenolic OH excluding ortho intramolecular Hbond substituents is 2. The van der Waals surface area contributed by atoms with Crippen molar-refractivity contribution in [3.05, 3.63) is 197 Å². The van der Waals surface area contributed by atoms with Crippen LogP contribution in [0.1, 0.15) is 101 Å². The van der Waals surface area contributed by atoms with Crippen LogP contribution in [0.15, 0.2) is 182 Å². The molecule has 0 atom stereocenters. The summed E-state index contributed by atoms with van der Waals surface area (Å²) in [6.07, 6.45) is 6.13. The maximum absolute atomic E-state index is 13.2. The van der Waals surface area contributed by atoms with Crippen LogP contribution in [-0.2, 0) is 23.9 Å². The zero-order valence-electron chi connectivity index (χ0n) is 50.3. The van der Waals surface area contributed by atoms with E-state index in [1.165, 1.54) is 24.3 Å². The molecule has 23 heteroatoms. The summed E-state index contributed by atoms with van der Waals surface area (Å²) in [5.41, 5.74) is 6.76. The molecule has 0 bridgehead atoms. The van der Waals surface area contributed by atoms with Crippen molar-refractivity contribution in [1.29, 1.82) is 10.5 Å². The molecule has 0 saturated heterocycles. The van der Waals surface area contributed by atoms with Crippen molar-refractivity contribution in [2.45, 2.75) is 110 Å². The maximum atomic E-state index is 13.2. The van der Waals surface area contributed by atoms with Crippen molar-refractivity contribution in [2.75, 3.05) is 16.9 Å². The molecule has 0 spiro atoms. The second kappa shape index (κ2) is 26.5. The number of anilines is 2. The Morgan fingerprint density at radius 3 is 1.48 bits per heavy atom. The molecular formula is C66H64N16O4S3. The Labute approximate surface area is 527 Å². The Morgan fingerprint density at radius 2 is 1.01 bits per heavy atom. The van der Waals surface area contributed by atoms with E-state index in [-0.39, 0.29) is 45.9 Å². The van der Waals surface area contributed by atoms with E-state index in [0.717, 1.165) is 75.5 Å². The SMILES string of the molecule is CC(C)c1nnc2ccc(Sc3ccccc3CNC(=O)Nc3cc(C(C)(C)C)nn3-c3ccc(O)c(C#N)c3)cn12.CSc1ccccc1-c1nnc2ccc(Sc3ccccc3CNC(=O)Nc3cc(C(C)(C)C)nn3-c3ccc(O)c(C#N)c3)cn12. The highest BCUT2D eigenvalue weighted by molar-refractivity contribution is 7.99. The molecular weight excluding hydrogens is 1180 g/mol. The zero-order chi connectivity index (χ0) is 63.1. The first-order valence-corrected chi connectivity index (χ1v) is 31.2. The summed E-state index contributed by atoms with van der Waals surface area (Å²) in [5.74, 6) is 2.58. The number of benzene rings is 5. The fraction of sp³-hybridized carbons (Fsp3) is 0.212. The van der Waals surface area contributed by atoms with Crippen molar-refractivity contribution >= 4 is 70.3 Å². The number of hydrogen-bond acceptors (Lipinski definition) is 15. The number of pyridine rings is 2. The van der Waals surface area contributed by atoms with E-state index >= 15 is 0 Å². The number of amides is 4. The van der Waals surface area contributed by atoms with Gasteiger partial charge in [0, 0.05) is 84.4 Å². The van der Waals surface area contributed by atoms with Crippen LogP contribution in [0.25, 0.3) is 34.1 Å². The first-order chi connectivity index (χ1) is 42.7. The van der Waals surface area contributed by atoms with Crippen molar-refractivity contribution in [1.82, 2.24) is 59.4 Å². The Morgan fingerprint density at radius 1 is 0.562 bits per heavy atom. The number of thioether (sulfide) groups is 1. The van der Waals surface area contributed by atoms with Crippen LogP contribution in [0.3, 0.4) is 0 Å². The van der Waals surface area contributed by atoms with Gasteiger partial charge in [-0.15, -0.1) is 32.2 Å². The minimum Gasteiger partial charge on any atom is -0.507 e. The first-order valence-electron chi connectivity index (χ1n) is 28.3. The van der Waals surface area contributed by atoms with Gasteiger partial charge in [-0.1, -0.05) is 134 Å². The predicted molar refractivity (Wildman–Crippen MR) is 347 cm³/mol. The minimum atomic E-state index is -0.409. The Bertz CT molecular complexity index is 4520. The normalized spacial score (nSPS) is 11.5. The summed E-state index contributed by atoms with van der Waals surface area (Å²) in [5, 5.41) is 77.3. The lowest BCUT2D eigenvalue weighted by Crippen LogP contribution is -2.29. The van der Waals surface area contributed by atoms with Gasteiger partial charge < -0.3 is 20.8 Å².